The third-order valence-corrected chi connectivity index (χ3v) is 1.95. The number of hydrogen-bond acceptors (Lipinski definition) is 4. The molecule has 0 saturated carbocycles. The van der Waals surface area contributed by atoms with Gasteiger partial charge < -0.3 is 4.74 Å². The molecule has 1 saturated heterocycles. The number of carbonyl (C=O) groups excluding carboxylic acids is 2. The van der Waals surface area contributed by atoms with Crippen molar-refractivity contribution >= 4 is 11.9 Å². The Morgan fingerprint density at radius 2 is 2.20 bits per heavy atom. The minimum Gasteiger partial charge on any atom is -0.444 e. The summed E-state index contributed by atoms with van der Waals surface area (Å²) < 4.78 is 5.09. The second-order valence-corrected chi connectivity index (χ2v) is 4.51. The predicted molar refractivity (Wildman–Crippen MR) is 51.9 cm³/mol. The number of Topliss-reactive ketones (excluding diaryl/α,β-unsaturated/α-hetero) is 1. The molecular weight excluding hydrogens is 196 g/mol. The van der Waals surface area contributed by atoms with Gasteiger partial charge in [0.15, 0.2) is 5.78 Å². The number of carbonyl (C=O) groups is 2. The maximum Gasteiger partial charge on any atom is 0.410 e. The van der Waals surface area contributed by atoms with Crippen LogP contribution in [0.25, 0.3) is 0 Å². The summed E-state index contributed by atoms with van der Waals surface area (Å²) in [4.78, 5) is 24.0. The molecule has 0 aliphatic carbocycles. The predicted octanol–water partition coefficient (Wildman–Crippen LogP) is 0.946. The van der Waals surface area contributed by atoms with E-state index < -0.39 is 17.6 Å². The summed E-state index contributed by atoms with van der Waals surface area (Å²) in [7, 11) is 0. The molecule has 1 amide bonds. The smallest absolute Gasteiger partial charge is 0.410 e. The molecule has 1 aliphatic heterocycles. The quantitative estimate of drug-likeness (QED) is 0.596. The van der Waals surface area contributed by atoms with Gasteiger partial charge in [0.1, 0.15) is 11.5 Å². The third kappa shape index (κ3) is 2.94. The van der Waals surface area contributed by atoms with Gasteiger partial charge in [0.25, 0.3) is 0 Å². The van der Waals surface area contributed by atoms with Crippen molar-refractivity contribution in [1.82, 2.24) is 4.90 Å². The highest BCUT2D eigenvalue weighted by Crippen LogP contribution is 2.16. The van der Waals surface area contributed by atoms with Crippen LogP contribution in [-0.4, -0.2) is 35.5 Å². The minimum absolute atomic E-state index is 0.0207. The van der Waals surface area contributed by atoms with E-state index in [0.29, 0.717) is 0 Å². The largest absolute Gasteiger partial charge is 0.444 e. The highest BCUT2D eigenvalue weighted by Gasteiger charge is 2.35. The van der Waals surface area contributed by atoms with Crippen molar-refractivity contribution in [1.29, 1.82) is 5.26 Å². The summed E-state index contributed by atoms with van der Waals surface area (Å²) >= 11 is 0. The lowest BCUT2D eigenvalue weighted by Gasteiger charge is -2.23. The van der Waals surface area contributed by atoms with E-state index in [-0.39, 0.29) is 18.9 Å². The second kappa shape index (κ2) is 3.89. The van der Waals surface area contributed by atoms with Crippen LogP contribution in [0, 0.1) is 17.2 Å². The van der Waals surface area contributed by atoms with Gasteiger partial charge in [-0.3, -0.25) is 9.69 Å². The molecule has 0 unspecified atom stereocenters. The normalized spacial score (nSPS) is 21.3. The number of nitriles is 1. The van der Waals surface area contributed by atoms with Crippen LogP contribution in [-0.2, 0) is 9.53 Å². The van der Waals surface area contributed by atoms with Crippen LogP contribution in [0.4, 0.5) is 4.79 Å². The number of nitrogens with zero attached hydrogens (tertiary/aromatic N) is 2. The molecule has 5 nitrogen and oxygen atoms in total. The monoisotopic (exact) mass is 210 g/mol. The van der Waals surface area contributed by atoms with Crippen LogP contribution >= 0.6 is 0 Å². The molecule has 1 fully saturated rings. The van der Waals surface area contributed by atoms with Crippen LogP contribution in [0.5, 0.6) is 0 Å². The highest BCUT2D eigenvalue weighted by molar-refractivity contribution is 5.91. The molecule has 5 heteroatoms. The van der Waals surface area contributed by atoms with Gasteiger partial charge in [-0.25, -0.2) is 4.79 Å². The number of rotatable bonds is 0. The summed E-state index contributed by atoms with van der Waals surface area (Å²) in [5.41, 5.74) is -0.579. The van der Waals surface area contributed by atoms with Gasteiger partial charge in [-0.15, -0.1) is 0 Å². The Labute approximate surface area is 88.6 Å². The molecule has 0 spiro atoms. The van der Waals surface area contributed by atoms with Gasteiger partial charge in [-0.05, 0) is 20.8 Å². The van der Waals surface area contributed by atoms with Crippen molar-refractivity contribution in [3.63, 3.8) is 0 Å². The summed E-state index contributed by atoms with van der Waals surface area (Å²) in [6.07, 6.45) is -0.534. The molecule has 1 atom stereocenters. The second-order valence-electron chi connectivity index (χ2n) is 4.51. The minimum atomic E-state index is -0.697. The molecule has 1 rings (SSSR count). The van der Waals surface area contributed by atoms with Crippen molar-refractivity contribution in [2.24, 2.45) is 5.92 Å². The fraction of sp³-hybridized carbons (Fsp3) is 0.700. The number of ether oxygens (including phenoxy) is 1. The van der Waals surface area contributed by atoms with E-state index in [1.807, 2.05) is 6.07 Å². The summed E-state index contributed by atoms with van der Waals surface area (Å²) in [6, 6.07) is 1.86. The standard InChI is InChI=1S/C10H14N2O3/c1-10(2,3)15-9(14)12-5-7(4-11)8(13)6-12/h7H,5-6H2,1-3H3/t7-/m1/s1. The van der Waals surface area contributed by atoms with E-state index in [4.69, 9.17) is 10.00 Å². The van der Waals surface area contributed by atoms with Gasteiger partial charge in [0.2, 0.25) is 0 Å². The van der Waals surface area contributed by atoms with Gasteiger partial charge in [-0.1, -0.05) is 0 Å². The highest BCUT2D eigenvalue weighted by atomic mass is 16.6. The molecule has 0 N–H and O–H groups in total. The zero-order valence-corrected chi connectivity index (χ0v) is 9.11. The van der Waals surface area contributed by atoms with Crippen LogP contribution in [0.1, 0.15) is 20.8 Å². The molecule has 82 valence electrons. The lowest BCUT2D eigenvalue weighted by molar-refractivity contribution is -0.118. The molecule has 1 heterocycles. The number of hydrogen-bond donors (Lipinski definition) is 0. The zero-order valence-electron chi connectivity index (χ0n) is 9.11. The van der Waals surface area contributed by atoms with Crippen LogP contribution in [0.3, 0.4) is 0 Å². The molecule has 0 aromatic heterocycles. The van der Waals surface area contributed by atoms with Crippen LogP contribution in [0.15, 0.2) is 0 Å². The fourth-order valence-corrected chi connectivity index (χ4v) is 1.26. The Morgan fingerprint density at radius 1 is 1.60 bits per heavy atom. The first-order valence-electron chi connectivity index (χ1n) is 4.74. The van der Waals surface area contributed by atoms with E-state index in [9.17, 15) is 9.59 Å². The van der Waals surface area contributed by atoms with E-state index >= 15 is 0 Å². The number of ketones is 1. The number of likely N-dealkylation sites (tertiary alicyclic amines) is 1. The van der Waals surface area contributed by atoms with E-state index in [1.165, 1.54) is 4.90 Å². The average molecular weight is 210 g/mol. The lowest BCUT2D eigenvalue weighted by Crippen LogP contribution is -2.35. The molecule has 0 aromatic carbocycles. The zero-order chi connectivity index (χ0) is 11.6. The summed E-state index contributed by atoms with van der Waals surface area (Å²) in [5.74, 6) is -0.916. The third-order valence-electron chi connectivity index (χ3n) is 1.95. The van der Waals surface area contributed by atoms with Gasteiger partial charge >= 0.3 is 6.09 Å². The Bertz CT molecular complexity index is 325. The first-order chi connectivity index (χ1) is 6.83. The van der Waals surface area contributed by atoms with Gasteiger partial charge in [-0.2, -0.15) is 5.26 Å². The fourth-order valence-electron chi connectivity index (χ4n) is 1.26. The SMILES string of the molecule is CC(C)(C)OC(=O)N1CC(=O)[C@H](C#N)C1. The van der Waals surface area contributed by atoms with Crippen molar-refractivity contribution < 1.29 is 14.3 Å². The summed E-state index contributed by atoms with van der Waals surface area (Å²) in [6.45, 7) is 5.39. The van der Waals surface area contributed by atoms with Crippen LogP contribution in [0.2, 0.25) is 0 Å². The Balaban J connectivity index is 2.58. The molecular formula is C10H14N2O3. The van der Waals surface area contributed by atoms with Crippen molar-refractivity contribution in [2.75, 3.05) is 13.1 Å². The maximum atomic E-state index is 11.5. The van der Waals surface area contributed by atoms with Crippen molar-refractivity contribution in [3.8, 4) is 6.07 Å². The van der Waals surface area contributed by atoms with Crippen molar-refractivity contribution in [3.05, 3.63) is 0 Å². The average Bonchev–Trinajstić information content (AvgIpc) is 2.43. The molecule has 0 radical (unpaired) electrons. The van der Waals surface area contributed by atoms with Gasteiger partial charge in [0.05, 0.1) is 12.6 Å². The summed E-state index contributed by atoms with van der Waals surface area (Å²) in [5, 5.41) is 8.62. The first-order valence-corrected chi connectivity index (χ1v) is 4.74. The van der Waals surface area contributed by atoms with Crippen LogP contribution < -0.4 is 0 Å². The number of amides is 1. The Kier molecular flexibility index (Phi) is 2.98. The van der Waals surface area contributed by atoms with E-state index in [1.54, 1.807) is 20.8 Å². The topological polar surface area (TPSA) is 70.4 Å². The first kappa shape index (κ1) is 11.5. The maximum absolute atomic E-state index is 11.5. The Hall–Kier alpha value is -1.57. The van der Waals surface area contributed by atoms with E-state index in [2.05, 4.69) is 0 Å². The molecule has 1 aliphatic rings. The lowest BCUT2D eigenvalue weighted by atomic mass is 10.1. The van der Waals surface area contributed by atoms with E-state index in [0.717, 1.165) is 0 Å². The molecule has 15 heavy (non-hydrogen) atoms. The Morgan fingerprint density at radius 3 is 2.60 bits per heavy atom. The molecule has 0 aromatic rings. The molecule has 0 bridgehead atoms. The van der Waals surface area contributed by atoms with Crippen molar-refractivity contribution in [2.45, 2.75) is 26.4 Å². The van der Waals surface area contributed by atoms with Gasteiger partial charge in [0, 0.05) is 6.54 Å².